The summed E-state index contributed by atoms with van der Waals surface area (Å²) >= 11 is 1.08. The second-order valence-corrected chi connectivity index (χ2v) is 6.65. The minimum absolute atomic E-state index is 0.0741. The lowest BCUT2D eigenvalue weighted by atomic mass is 10.1. The third-order valence-corrected chi connectivity index (χ3v) is 4.55. The third kappa shape index (κ3) is 4.89. The molecular weight excluding hydrogens is 378 g/mol. The Balaban J connectivity index is 1.60. The van der Waals surface area contributed by atoms with Crippen molar-refractivity contribution in [1.29, 1.82) is 0 Å². The maximum absolute atomic E-state index is 12.3. The maximum Gasteiger partial charge on any atom is 0.278 e. The minimum Gasteiger partial charge on any atom is -0.494 e. The normalized spacial score (nSPS) is 10.5. The molecule has 0 aliphatic heterocycles. The number of rotatable bonds is 7. The smallest absolute Gasteiger partial charge is 0.278 e. The fourth-order valence-corrected chi connectivity index (χ4v) is 3.01. The third-order valence-electron chi connectivity index (χ3n) is 3.68. The van der Waals surface area contributed by atoms with Crippen LogP contribution in [0.15, 0.2) is 58.5 Å². The van der Waals surface area contributed by atoms with Crippen molar-refractivity contribution in [2.24, 2.45) is 0 Å². The molecule has 0 saturated carbocycles. The molecule has 2 aromatic carbocycles. The van der Waals surface area contributed by atoms with Crippen LogP contribution in [-0.2, 0) is 4.79 Å². The highest BCUT2D eigenvalue weighted by Crippen LogP contribution is 2.21. The van der Waals surface area contributed by atoms with Gasteiger partial charge in [0.15, 0.2) is 10.9 Å². The van der Waals surface area contributed by atoms with Crippen molar-refractivity contribution in [1.82, 2.24) is 15.2 Å². The van der Waals surface area contributed by atoms with Crippen molar-refractivity contribution in [3.05, 3.63) is 58.9 Å². The summed E-state index contributed by atoms with van der Waals surface area (Å²) in [4.78, 5) is 27.0. The SMILES string of the molecule is CCOc1ccc(NC(=O)CSc2nnc(-c3ccccc3N)c(=O)[nH]2)cc1. The summed E-state index contributed by atoms with van der Waals surface area (Å²) in [7, 11) is 0. The Morgan fingerprint density at radius 3 is 2.61 bits per heavy atom. The number of amides is 1. The van der Waals surface area contributed by atoms with E-state index in [2.05, 4.69) is 20.5 Å². The van der Waals surface area contributed by atoms with Gasteiger partial charge in [0.1, 0.15) is 5.75 Å². The van der Waals surface area contributed by atoms with Crippen molar-refractivity contribution < 1.29 is 9.53 Å². The molecule has 0 radical (unpaired) electrons. The first-order chi connectivity index (χ1) is 13.6. The molecule has 0 unspecified atom stereocenters. The Labute approximate surface area is 165 Å². The average Bonchev–Trinajstić information content (AvgIpc) is 2.69. The van der Waals surface area contributed by atoms with Gasteiger partial charge in [0.25, 0.3) is 5.56 Å². The molecule has 3 rings (SSSR count). The first-order valence-corrected chi connectivity index (χ1v) is 9.52. The number of aromatic nitrogens is 3. The molecule has 4 N–H and O–H groups in total. The van der Waals surface area contributed by atoms with E-state index in [1.165, 1.54) is 0 Å². The monoisotopic (exact) mass is 397 g/mol. The summed E-state index contributed by atoms with van der Waals surface area (Å²) in [6.45, 7) is 2.48. The summed E-state index contributed by atoms with van der Waals surface area (Å²) in [5.41, 5.74) is 7.21. The first kappa shape index (κ1) is 19.4. The Kier molecular flexibility index (Phi) is 6.28. The predicted octanol–water partition coefficient (Wildman–Crippen LogP) is 2.54. The van der Waals surface area contributed by atoms with E-state index < -0.39 is 5.56 Å². The van der Waals surface area contributed by atoms with Crippen LogP contribution in [0.5, 0.6) is 5.75 Å². The predicted molar refractivity (Wildman–Crippen MR) is 109 cm³/mol. The molecule has 1 amide bonds. The number of nitrogens with zero attached hydrogens (tertiary/aromatic N) is 2. The molecule has 1 aromatic heterocycles. The number of carbonyl (C=O) groups excluding carboxylic acids is 1. The molecule has 0 aliphatic rings. The fraction of sp³-hybridized carbons (Fsp3) is 0.158. The van der Waals surface area contributed by atoms with Gasteiger partial charge >= 0.3 is 0 Å². The van der Waals surface area contributed by atoms with Crippen molar-refractivity contribution in [2.45, 2.75) is 12.1 Å². The van der Waals surface area contributed by atoms with E-state index in [9.17, 15) is 9.59 Å². The van der Waals surface area contributed by atoms with Crippen LogP contribution in [0.4, 0.5) is 11.4 Å². The van der Waals surface area contributed by atoms with Crippen LogP contribution in [0.3, 0.4) is 0 Å². The van der Waals surface area contributed by atoms with Gasteiger partial charge < -0.3 is 15.8 Å². The Morgan fingerprint density at radius 1 is 1.18 bits per heavy atom. The fourth-order valence-electron chi connectivity index (χ4n) is 2.41. The molecule has 1 heterocycles. The lowest BCUT2D eigenvalue weighted by Gasteiger charge is -2.07. The summed E-state index contributed by atoms with van der Waals surface area (Å²) < 4.78 is 5.36. The number of hydrogen-bond donors (Lipinski definition) is 3. The summed E-state index contributed by atoms with van der Waals surface area (Å²) in [6.07, 6.45) is 0. The largest absolute Gasteiger partial charge is 0.494 e. The Hall–Kier alpha value is -3.33. The number of para-hydroxylation sites is 1. The number of carbonyl (C=O) groups is 1. The summed E-state index contributed by atoms with van der Waals surface area (Å²) in [5.74, 6) is 0.583. The highest BCUT2D eigenvalue weighted by Gasteiger charge is 2.12. The van der Waals surface area contributed by atoms with Gasteiger partial charge in [0.05, 0.1) is 12.4 Å². The number of H-pyrrole nitrogens is 1. The molecule has 28 heavy (non-hydrogen) atoms. The van der Waals surface area contributed by atoms with Crippen LogP contribution < -0.4 is 21.3 Å². The lowest BCUT2D eigenvalue weighted by molar-refractivity contribution is -0.113. The number of nitrogens with two attached hydrogens (primary N) is 1. The van der Waals surface area contributed by atoms with Gasteiger partial charge in [-0.05, 0) is 37.3 Å². The molecule has 0 atom stereocenters. The van der Waals surface area contributed by atoms with E-state index in [0.717, 1.165) is 17.5 Å². The van der Waals surface area contributed by atoms with Gasteiger partial charge in [-0.3, -0.25) is 14.6 Å². The van der Waals surface area contributed by atoms with E-state index >= 15 is 0 Å². The Morgan fingerprint density at radius 2 is 1.93 bits per heavy atom. The Bertz CT molecular complexity index is 1020. The number of aromatic amines is 1. The highest BCUT2D eigenvalue weighted by atomic mass is 32.2. The second-order valence-electron chi connectivity index (χ2n) is 5.69. The molecule has 9 heteroatoms. The number of anilines is 2. The van der Waals surface area contributed by atoms with Crippen molar-refractivity contribution in [2.75, 3.05) is 23.4 Å². The number of ether oxygens (including phenoxy) is 1. The molecule has 144 valence electrons. The zero-order valence-corrected chi connectivity index (χ0v) is 16.0. The van der Waals surface area contributed by atoms with Gasteiger partial charge in [-0.2, -0.15) is 0 Å². The zero-order valence-electron chi connectivity index (χ0n) is 15.1. The quantitative estimate of drug-likeness (QED) is 0.413. The van der Waals surface area contributed by atoms with Gasteiger partial charge in [0, 0.05) is 16.9 Å². The van der Waals surface area contributed by atoms with Crippen LogP contribution >= 0.6 is 11.8 Å². The standard InChI is InChI=1S/C19H19N5O3S/c1-2-27-13-9-7-12(8-10-13)21-16(25)11-28-19-22-18(26)17(23-24-19)14-5-3-4-6-15(14)20/h3-10H,2,11,20H2,1H3,(H,21,25)(H,22,24,26). The number of nitrogens with one attached hydrogen (secondary N) is 2. The molecule has 0 bridgehead atoms. The van der Waals surface area contributed by atoms with Crippen LogP contribution in [-0.4, -0.2) is 33.4 Å². The number of nitrogen functional groups attached to an aromatic ring is 1. The van der Waals surface area contributed by atoms with Crippen LogP contribution in [0, 0.1) is 0 Å². The van der Waals surface area contributed by atoms with E-state index in [1.54, 1.807) is 48.5 Å². The molecule has 0 aliphatic carbocycles. The maximum atomic E-state index is 12.3. The van der Waals surface area contributed by atoms with Crippen LogP contribution in [0.2, 0.25) is 0 Å². The van der Waals surface area contributed by atoms with Crippen LogP contribution in [0.1, 0.15) is 6.92 Å². The molecule has 0 spiro atoms. The van der Waals surface area contributed by atoms with E-state index in [0.29, 0.717) is 23.5 Å². The van der Waals surface area contributed by atoms with Crippen molar-refractivity contribution >= 4 is 29.0 Å². The topological polar surface area (TPSA) is 123 Å². The van der Waals surface area contributed by atoms with Crippen molar-refractivity contribution in [3.63, 3.8) is 0 Å². The van der Waals surface area contributed by atoms with Crippen LogP contribution in [0.25, 0.3) is 11.3 Å². The molecule has 0 fully saturated rings. The minimum atomic E-state index is -0.415. The van der Waals surface area contributed by atoms with Gasteiger partial charge in [0.2, 0.25) is 5.91 Å². The lowest BCUT2D eigenvalue weighted by Crippen LogP contribution is -2.17. The number of benzene rings is 2. The average molecular weight is 397 g/mol. The van der Waals surface area contributed by atoms with Crippen molar-refractivity contribution in [3.8, 4) is 17.0 Å². The molecule has 8 nitrogen and oxygen atoms in total. The van der Waals surface area contributed by atoms with E-state index in [-0.39, 0.29) is 22.5 Å². The van der Waals surface area contributed by atoms with Gasteiger partial charge in [-0.25, -0.2) is 0 Å². The van der Waals surface area contributed by atoms with E-state index in [4.69, 9.17) is 10.5 Å². The van der Waals surface area contributed by atoms with Gasteiger partial charge in [-0.15, -0.1) is 10.2 Å². The summed E-state index contributed by atoms with van der Waals surface area (Å²) in [5, 5.41) is 11.0. The highest BCUT2D eigenvalue weighted by molar-refractivity contribution is 7.99. The summed E-state index contributed by atoms with van der Waals surface area (Å²) in [6, 6.07) is 14.0. The van der Waals surface area contributed by atoms with E-state index in [1.807, 2.05) is 6.92 Å². The molecular formula is C19H19N5O3S. The first-order valence-electron chi connectivity index (χ1n) is 8.54. The molecule has 3 aromatic rings. The number of hydrogen-bond acceptors (Lipinski definition) is 7. The second kappa shape index (κ2) is 9.05. The van der Waals surface area contributed by atoms with Gasteiger partial charge in [-0.1, -0.05) is 30.0 Å². The number of thioether (sulfide) groups is 1. The zero-order chi connectivity index (χ0) is 19.9. The molecule has 0 saturated heterocycles.